The van der Waals surface area contributed by atoms with Crippen LogP contribution in [0.4, 0.5) is 0 Å². The average molecular weight is 422 g/mol. The maximum absolute atomic E-state index is 13.0. The normalized spacial score (nSPS) is 14.9. The number of rotatable bonds is 8. The highest BCUT2D eigenvalue weighted by Crippen LogP contribution is 2.21. The summed E-state index contributed by atoms with van der Waals surface area (Å²) in [4.78, 5) is 29.5. The molecule has 3 aromatic rings. The Morgan fingerprint density at radius 3 is 2.83 bits per heavy atom. The number of benzene rings is 1. The van der Waals surface area contributed by atoms with Crippen molar-refractivity contribution in [1.29, 1.82) is 0 Å². The molecule has 1 aliphatic carbocycles. The number of thiophene rings is 1. The Bertz CT molecular complexity index is 1040. The summed E-state index contributed by atoms with van der Waals surface area (Å²) in [7, 11) is 0. The van der Waals surface area contributed by atoms with Crippen molar-refractivity contribution in [3.8, 4) is 0 Å². The Morgan fingerprint density at radius 1 is 1.13 bits per heavy atom. The van der Waals surface area contributed by atoms with Gasteiger partial charge in [-0.05, 0) is 55.2 Å². The molecule has 2 aromatic heterocycles. The van der Waals surface area contributed by atoms with Crippen LogP contribution in [0.15, 0.2) is 59.6 Å². The lowest BCUT2D eigenvalue weighted by Gasteiger charge is -2.19. The van der Waals surface area contributed by atoms with Crippen LogP contribution < -0.4 is 10.6 Å². The van der Waals surface area contributed by atoms with Gasteiger partial charge in [-0.1, -0.05) is 35.9 Å². The van der Waals surface area contributed by atoms with Crippen LogP contribution in [0.25, 0.3) is 10.9 Å². The molecule has 4 rings (SSSR count). The van der Waals surface area contributed by atoms with Gasteiger partial charge in [-0.15, -0.1) is 11.3 Å². The molecule has 30 heavy (non-hydrogen) atoms. The predicted octanol–water partition coefficient (Wildman–Crippen LogP) is 4.58. The molecule has 3 N–H and O–H groups in total. The van der Waals surface area contributed by atoms with Gasteiger partial charge >= 0.3 is 0 Å². The van der Waals surface area contributed by atoms with E-state index in [4.69, 9.17) is 0 Å². The first-order valence-corrected chi connectivity index (χ1v) is 11.4. The maximum Gasteiger partial charge on any atom is 0.262 e. The van der Waals surface area contributed by atoms with E-state index >= 15 is 0 Å². The van der Waals surface area contributed by atoms with Crippen molar-refractivity contribution in [1.82, 2.24) is 15.6 Å². The van der Waals surface area contributed by atoms with Gasteiger partial charge in [0.05, 0.1) is 4.88 Å². The SMILES string of the molecule is O=C(N[C@@H](Cc1c[nH]c2ccccc12)C(=O)NCCC1=CCCCC1)c1cccs1. The van der Waals surface area contributed by atoms with Gasteiger partial charge in [0, 0.05) is 30.1 Å². The first-order valence-electron chi connectivity index (χ1n) is 10.6. The van der Waals surface area contributed by atoms with Crippen molar-refractivity contribution in [2.75, 3.05) is 6.54 Å². The zero-order valence-corrected chi connectivity index (χ0v) is 17.8. The van der Waals surface area contributed by atoms with Crippen LogP contribution >= 0.6 is 11.3 Å². The molecule has 1 aromatic carbocycles. The lowest BCUT2D eigenvalue weighted by atomic mass is 9.97. The van der Waals surface area contributed by atoms with Crippen LogP contribution in [0.3, 0.4) is 0 Å². The lowest BCUT2D eigenvalue weighted by Crippen LogP contribution is -2.48. The van der Waals surface area contributed by atoms with Gasteiger partial charge in [-0.3, -0.25) is 9.59 Å². The summed E-state index contributed by atoms with van der Waals surface area (Å²) in [5.74, 6) is -0.346. The van der Waals surface area contributed by atoms with Gasteiger partial charge in [-0.2, -0.15) is 0 Å². The van der Waals surface area contributed by atoms with Gasteiger partial charge in [0.25, 0.3) is 5.91 Å². The van der Waals surface area contributed by atoms with Crippen LogP contribution in [0, 0.1) is 0 Å². The minimum atomic E-state index is -0.626. The third-order valence-electron chi connectivity index (χ3n) is 5.60. The quantitative estimate of drug-likeness (QED) is 0.466. The second-order valence-corrected chi connectivity index (χ2v) is 8.66. The molecular weight excluding hydrogens is 394 g/mol. The molecule has 0 unspecified atom stereocenters. The van der Waals surface area contributed by atoms with E-state index < -0.39 is 6.04 Å². The fraction of sp³-hybridized carbons (Fsp3) is 0.333. The molecule has 0 aliphatic heterocycles. The molecule has 0 fully saturated rings. The van der Waals surface area contributed by atoms with Gasteiger partial charge in [0.15, 0.2) is 0 Å². The summed E-state index contributed by atoms with van der Waals surface area (Å²) in [6.45, 7) is 0.601. The van der Waals surface area contributed by atoms with E-state index in [0.717, 1.165) is 35.7 Å². The smallest absolute Gasteiger partial charge is 0.262 e. The van der Waals surface area contributed by atoms with Crippen molar-refractivity contribution in [3.63, 3.8) is 0 Å². The minimum Gasteiger partial charge on any atom is -0.361 e. The van der Waals surface area contributed by atoms with E-state index in [0.29, 0.717) is 17.8 Å². The van der Waals surface area contributed by atoms with E-state index in [1.54, 1.807) is 6.07 Å². The second-order valence-electron chi connectivity index (χ2n) is 7.72. The number of aromatic amines is 1. The zero-order chi connectivity index (χ0) is 20.8. The summed E-state index contributed by atoms with van der Waals surface area (Å²) in [6, 6.07) is 11.0. The highest BCUT2D eigenvalue weighted by Gasteiger charge is 2.23. The number of H-pyrrole nitrogens is 1. The number of hydrogen-bond donors (Lipinski definition) is 3. The largest absolute Gasteiger partial charge is 0.361 e. The molecular formula is C24H27N3O2S. The summed E-state index contributed by atoms with van der Waals surface area (Å²) < 4.78 is 0. The van der Waals surface area contributed by atoms with Crippen molar-refractivity contribution in [2.45, 2.75) is 44.6 Å². The molecule has 2 amide bonds. The van der Waals surface area contributed by atoms with E-state index in [1.165, 1.54) is 29.8 Å². The second kappa shape index (κ2) is 9.76. The molecule has 156 valence electrons. The first-order chi connectivity index (χ1) is 14.7. The number of allylic oxidation sites excluding steroid dienone is 1. The van der Waals surface area contributed by atoms with Crippen LogP contribution in [0.2, 0.25) is 0 Å². The molecule has 2 heterocycles. The topological polar surface area (TPSA) is 74.0 Å². The van der Waals surface area contributed by atoms with E-state index in [9.17, 15) is 9.59 Å². The third kappa shape index (κ3) is 5.00. The standard InChI is InChI=1S/C24H27N3O2S/c28-23(25-13-12-17-7-2-1-3-8-17)21(27-24(29)22-11-6-14-30-22)15-18-16-26-20-10-5-4-9-19(18)20/h4-7,9-11,14,16,21,26H,1-3,8,12-13,15H2,(H,25,28)(H,27,29)/t21-/m0/s1. The number of para-hydroxylation sites is 1. The maximum atomic E-state index is 13.0. The van der Waals surface area contributed by atoms with Gasteiger partial charge < -0.3 is 15.6 Å². The highest BCUT2D eigenvalue weighted by atomic mass is 32.1. The van der Waals surface area contributed by atoms with Gasteiger partial charge in [0.2, 0.25) is 5.91 Å². The lowest BCUT2D eigenvalue weighted by molar-refractivity contribution is -0.122. The molecule has 0 saturated heterocycles. The third-order valence-corrected chi connectivity index (χ3v) is 6.46. The average Bonchev–Trinajstić information content (AvgIpc) is 3.45. The Balaban J connectivity index is 1.45. The number of hydrogen-bond acceptors (Lipinski definition) is 3. The van der Waals surface area contributed by atoms with Crippen molar-refractivity contribution >= 4 is 34.1 Å². The molecule has 1 atom stereocenters. The summed E-state index contributed by atoms with van der Waals surface area (Å²) in [5.41, 5.74) is 3.48. The van der Waals surface area contributed by atoms with Gasteiger partial charge in [-0.25, -0.2) is 0 Å². The number of amides is 2. The first kappa shape index (κ1) is 20.4. The molecule has 0 bridgehead atoms. The van der Waals surface area contributed by atoms with Crippen LogP contribution in [0.5, 0.6) is 0 Å². The van der Waals surface area contributed by atoms with Crippen molar-refractivity contribution < 1.29 is 9.59 Å². The zero-order valence-electron chi connectivity index (χ0n) is 16.9. The molecule has 0 radical (unpaired) electrons. The number of carbonyl (C=O) groups excluding carboxylic acids is 2. The number of fused-ring (bicyclic) bond motifs is 1. The Labute approximate surface area is 180 Å². The van der Waals surface area contributed by atoms with E-state index in [-0.39, 0.29) is 11.8 Å². The summed E-state index contributed by atoms with van der Waals surface area (Å²) in [5, 5.41) is 8.92. The summed E-state index contributed by atoms with van der Waals surface area (Å²) >= 11 is 1.37. The van der Waals surface area contributed by atoms with Crippen LogP contribution in [-0.2, 0) is 11.2 Å². The number of carbonyl (C=O) groups is 2. The minimum absolute atomic E-state index is 0.137. The molecule has 0 spiro atoms. The van der Waals surface area contributed by atoms with E-state index in [1.807, 2.05) is 41.9 Å². The Hall–Kier alpha value is -2.86. The van der Waals surface area contributed by atoms with Crippen LogP contribution in [0.1, 0.15) is 47.3 Å². The highest BCUT2D eigenvalue weighted by molar-refractivity contribution is 7.12. The fourth-order valence-corrected chi connectivity index (χ4v) is 4.59. The van der Waals surface area contributed by atoms with E-state index in [2.05, 4.69) is 21.7 Å². The molecule has 1 aliphatic rings. The Morgan fingerprint density at radius 2 is 2.03 bits per heavy atom. The van der Waals surface area contributed by atoms with Crippen LogP contribution in [-0.4, -0.2) is 29.4 Å². The monoisotopic (exact) mass is 421 g/mol. The van der Waals surface area contributed by atoms with Crippen molar-refractivity contribution in [2.24, 2.45) is 0 Å². The number of aromatic nitrogens is 1. The number of nitrogens with one attached hydrogen (secondary N) is 3. The fourth-order valence-electron chi connectivity index (χ4n) is 3.97. The molecule has 5 nitrogen and oxygen atoms in total. The van der Waals surface area contributed by atoms with Gasteiger partial charge in [0.1, 0.15) is 6.04 Å². The molecule has 6 heteroatoms. The Kier molecular flexibility index (Phi) is 6.64. The predicted molar refractivity (Wildman–Crippen MR) is 122 cm³/mol. The molecule has 0 saturated carbocycles. The summed E-state index contributed by atoms with van der Waals surface area (Å²) in [6.07, 6.45) is 10.3. The van der Waals surface area contributed by atoms with Crippen molar-refractivity contribution in [3.05, 3.63) is 70.1 Å².